The van der Waals surface area contributed by atoms with Crippen molar-refractivity contribution in [2.75, 3.05) is 0 Å². The Morgan fingerprint density at radius 1 is 1.47 bits per heavy atom. The fraction of sp³-hybridized carbons (Fsp3) is 0.600. The van der Waals surface area contributed by atoms with Crippen molar-refractivity contribution in [3.63, 3.8) is 0 Å². The highest BCUT2D eigenvalue weighted by Crippen LogP contribution is 2.67. The van der Waals surface area contributed by atoms with Crippen LogP contribution in [0, 0.1) is 0 Å². The summed E-state index contributed by atoms with van der Waals surface area (Å²) >= 11 is 0. The van der Waals surface area contributed by atoms with Crippen LogP contribution in [0.4, 0.5) is 4.39 Å². The van der Waals surface area contributed by atoms with Crippen molar-refractivity contribution in [1.82, 2.24) is 9.55 Å². The normalized spacial score (nSPS) is 48.1. The summed E-state index contributed by atoms with van der Waals surface area (Å²) in [5.41, 5.74) is -6.36. The van der Waals surface area contributed by atoms with Gasteiger partial charge in [0.2, 0.25) is 0 Å². The minimum atomic E-state index is -2.84. The van der Waals surface area contributed by atoms with E-state index in [9.17, 15) is 29.3 Å². The average Bonchev–Trinajstić information content (AvgIpc) is 2.67. The van der Waals surface area contributed by atoms with Gasteiger partial charge >= 0.3 is 5.69 Å². The molecule has 2 aliphatic rings. The Labute approximate surface area is 104 Å². The first-order valence-electron chi connectivity index (χ1n) is 5.47. The van der Waals surface area contributed by atoms with Crippen LogP contribution in [0.15, 0.2) is 21.9 Å². The van der Waals surface area contributed by atoms with E-state index in [1.54, 1.807) is 0 Å². The summed E-state index contributed by atoms with van der Waals surface area (Å²) in [5, 5.41) is 29.4. The zero-order valence-electron chi connectivity index (χ0n) is 9.70. The molecule has 5 atom stereocenters. The molecule has 19 heavy (non-hydrogen) atoms. The molecule has 3 rings (SSSR count). The van der Waals surface area contributed by atoms with E-state index in [2.05, 4.69) is 0 Å². The van der Waals surface area contributed by atoms with Gasteiger partial charge in [-0.2, -0.15) is 0 Å². The molecule has 104 valence electrons. The van der Waals surface area contributed by atoms with E-state index in [1.165, 1.54) is 0 Å². The van der Waals surface area contributed by atoms with Crippen LogP contribution in [0.3, 0.4) is 0 Å². The second-order valence-corrected chi connectivity index (χ2v) is 4.95. The Hall–Kier alpha value is -1.55. The van der Waals surface area contributed by atoms with Crippen LogP contribution in [0.2, 0.25) is 0 Å². The molecule has 1 aromatic rings. The molecule has 0 aromatic carbocycles. The summed E-state index contributed by atoms with van der Waals surface area (Å²) < 4.78 is 19.6. The predicted molar refractivity (Wildman–Crippen MR) is 56.9 cm³/mol. The summed E-state index contributed by atoms with van der Waals surface area (Å²) in [6.07, 6.45) is -2.47. The lowest BCUT2D eigenvalue weighted by Crippen LogP contribution is -2.51. The number of H-pyrrole nitrogens is 1. The first-order chi connectivity index (χ1) is 8.66. The highest BCUT2D eigenvalue weighted by molar-refractivity contribution is 5.34. The van der Waals surface area contributed by atoms with Gasteiger partial charge in [0, 0.05) is 12.3 Å². The molecule has 1 aliphatic heterocycles. The number of hydrogen-bond donors (Lipinski definition) is 4. The molecule has 4 N–H and O–H groups in total. The van der Waals surface area contributed by atoms with Gasteiger partial charge in [-0.25, -0.2) is 9.18 Å². The van der Waals surface area contributed by atoms with E-state index < -0.39 is 40.6 Å². The first-order valence-corrected chi connectivity index (χ1v) is 5.47. The third kappa shape index (κ3) is 1.16. The van der Waals surface area contributed by atoms with Gasteiger partial charge in [0.25, 0.3) is 11.4 Å². The lowest BCUT2D eigenvalue weighted by atomic mass is 9.95. The average molecular weight is 274 g/mol. The van der Waals surface area contributed by atoms with Crippen LogP contribution >= 0.6 is 0 Å². The number of aliphatic hydroxyl groups excluding tert-OH is 1. The summed E-state index contributed by atoms with van der Waals surface area (Å²) in [7, 11) is 0. The largest absolute Gasteiger partial charge is 0.384 e. The Balaban J connectivity index is 2.10. The minimum Gasteiger partial charge on any atom is -0.384 e. The smallest absolute Gasteiger partial charge is 0.330 e. The highest BCUT2D eigenvalue weighted by Gasteiger charge is 2.93. The zero-order chi connectivity index (χ0) is 14.2. The lowest BCUT2D eigenvalue weighted by Gasteiger charge is -2.31. The maximum Gasteiger partial charge on any atom is 0.330 e. The Morgan fingerprint density at radius 2 is 2.11 bits per heavy atom. The number of alkyl halides is 1. The van der Waals surface area contributed by atoms with Crippen molar-refractivity contribution >= 4 is 0 Å². The molecule has 2 heterocycles. The topological polar surface area (TPSA) is 125 Å². The molecule has 0 unspecified atom stereocenters. The van der Waals surface area contributed by atoms with Crippen molar-refractivity contribution in [2.45, 2.75) is 36.3 Å². The number of rotatable bonds is 1. The molecule has 2 fully saturated rings. The number of fused-ring (bicyclic) bond motifs is 1. The Morgan fingerprint density at radius 3 is 2.58 bits per heavy atom. The third-order valence-electron chi connectivity index (χ3n) is 3.82. The molecular weight excluding hydrogens is 263 g/mol. The maximum absolute atomic E-state index is 14.0. The fourth-order valence-corrected chi connectivity index (χ4v) is 2.56. The van der Waals surface area contributed by atoms with Gasteiger partial charge < -0.3 is 20.1 Å². The van der Waals surface area contributed by atoms with Crippen LogP contribution < -0.4 is 11.2 Å². The number of halogens is 1. The van der Waals surface area contributed by atoms with Gasteiger partial charge in [-0.05, 0) is 6.92 Å². The molecule has 0 amide bonds. The number of nitrogens with one attached hydrogen (secondary N) is 1. The molecule has 0 radical (unpaired) electrons. The second kappa shape index (κ2) is 3.12. The quantitative estimate of drug-likeness (QED) is 0.452. The first kappa shape index (κ1) is 12.5. The van der Waals surface area contributed by atoms with Gasteiger partial charge in [0.15, 0.2) is 17.9 Å². The van der Waals surface area contributed by atoms with Crippen molar-refractivity contribution in [2.24, 2.45) is 0 Å². The van der Waals surface area contributed by atoms with E-state index in [4.69, 9.17) is 4.74 Å². The van der Waals surface area contributed by atoms with Gasteiger partial charge in [0.05, 0.1) is 0 Å². The molecule has 0 spiro atoms. The standard InChI is InChI=1S/C10H11FN2O6/c1-8(17)6(13-3-2-4(14)12-7(13)16)19-10(11)5(15)9(8,10)18/h2-3,5-6,15,17-18H,1H3,(H,12,14,16)/t5-,6-,8+,9+,10-/m1/s1. The van der Waals surface area contributed by atoms with Gasteiger partial charge in [-0.1, -0.05) is 0 Å². The van der Waals surface area contributed by atoms with Crippen LogP contribution in [0.25, 0.3) is 0 Å². The van der Waals surface area contributed by atoms with E-state index in [1.807, 2.05) is 4.98 Å². The van der Waals surface area contributed by atoms with Gasteiger partial charge in [-0.3, -0.25) is 14.3 Å². The number of aromatic nitrogens is 2. The number of aliphatic hydroxyl groups is 3. The monoisotopic (exact) mass is 274 g/mol. The van der Waals surface area contributed by atoms with Crippen molar-refractivity contribution in [3.8, 4) is 0 Å². The van der Waals surface area contributed by atoms with Crippen molar-refractivity contribution in [1.29, 1.82) is 0 Å². The van der Waals surface area contributed by atoms with Gasteiger partial charge in [0.1, 0.15) is 5.60 Å². The van der Waals surface area contributed by atoms with Crippen molar-refractivity contribution < 1.29 is 24.4 Å². The maximum atomic E-state index is 14.0. The molecule has 1 aliphatic carbocycles. The Kier molecular flexibility index (Phi) is 2.05. The fourth-order valence-electron chi connectivity index (χ4n) is 2.56. The van der Waals surface area contributed by atoms with Crippen LogP contribution in [-0.2, 0) is 4.74 Å². The molecule has 8 nitrogen and oxygen atoms in total. The van der Waals surface area contributed by atoms with E-state index in [0.717, 1.165) is 23.8 Å². The third-order valence-corrected chi connectivity index (χ3v) is 3.82. The van der Waals surface area contributed by atoms with E-state index in [-0.39, 0.29) is 0 Å². The zero-order valence-corrected chi connectivity index (χ0v) is 9.70. The number of ether oxygens (including phenoxy) is 1. The van der Waals surface area contributed by atoms with Crippen LogP contribution in [0.1, 0.15) is 13.2 Å². The molecule has 1 aromatic heterocycles. The summed E-state index contributed by atoms with van der Waals surface area (Å²) in [6, 6.07) is 0.982. The molecule has 0 bridgehead atoms. The summed E-state index contributed by atoms with van der Waals surface area (Å²) in [6.45, 7) is 1.03. The molecule has 9 heteroatoms. The number of nitrogens with zero attached hydrogens (tertiary/aromatic N) is 1. The van der Waals surface area contributed by atoms with Crippen molar-refractivity contribution in [3.05, 3.63) is 33.1 Å². The minimum absolute atomic E-state index is 0.669. The number of hydrogen-bond acceptors (Lipinski definition) is 6. The van der Waals surface area contributed by atoms with E-state index in [0.29, 0.717) is 0 Å². The SMILES string of the molecule is C[C@]1(O)[C@H](n2ccc(=O)[nH]c2=O)O[C@]2(F)[C@H](O)[C@]12O. The molecule has 1 saturated heterocycles. The van der Waals surface area contributed by atoms with Crippen LogP contribution in [0.5, 0.6) is 0 Å². The second-order valence-electron chi connectivity index (χ2n) is 4.95. The van der Waals surface area contributed by atoms with Crippen LogP contribution in [-0.4, -0.2) is 48.0 Å². The number of aromatic amines is 1. The molecular formula is C10H11FN2O6. The predicted octanol–water partition coefficient (Wildman–Crippen LogP) is -2.41. The van der Waals surface area contributed by atoms with Gasteiger partial charge in [-0.15, -0.1) is 0 Å². The highest BCUT2D eigenvalue weighted by atomic mass is 19.2. The summed E-state index contributed by atoms with van der Waals surface area (Å²) in [5.74, 6) is -2.84. The lowest BCUT2D eigenvalue weighted by molar-refractivity contribution is -0.183. The molecule has 1 saturated carbocycles. The Bertz CT molecular complexity index is 668. The van der Waals surface area contributed by atoms with E-state index >= 15 is 0 Å². The summed E-state index contributed by atoms with van der Waals surface area (Å²) in [4.78, 5) is 24.4.